The van der Waals surface area contributed by atoms with Crippen molar-refractivity contribution >= 4 is 23.4 Å². The predicted molar refractivity (Wildman–Crippen MR) is 64.0 cm³/mol. The van der Waals surface area contributed by atoms with Crippen LogP contribution in [0.5, 0.6) is 0 Å². The molecule has 1 aliphatic heterocycles. The summed E-state index contributed by atoms with van der Waals surface area (Å²) in [5.41, 5.74) is 1.30. The number of fused-ring (bicyclic) bond motifs is 1. The minimum Gasteiger partial charge on any atom is -0.452 e. The van der Waals surface area contributed by atoms with Gasteiger partial charge >= 0.3 is 6.09 Å². The quantitative estimate of drug-likeness (QED) is 0.745. The van der Waals surface area contributed by atoms with Crippen LogP contribution in [0.25, 0.3) is 0 Å². The summed E-state index contributed by atoms with van der Waals surface area (Å²) < 4.78 is 4.73. The summed E-state index contributed by atoms with van der Waals surface area (Å²) in [5, 5.41) is 2.79. The standard InChI is InChI=1S/C12H14N2O3/c1-8-7-14(12(16)17-2)10-6-4-3-5-9(10)13-11(8)15/h3-6,8H,7H2,1-2H3,(H,13,15)/t8-/m0/s1. The smallest absolute Gasteiger partial charge is 0.414 e. The van der Waals surface area contributed by atoms with Gasteiger partial charge in [-0.2, -0.15) is 0 Å². The minimum atomic E-state index is -0.458. The Morgan fingerprint density at radius 1 is 1.47 bits per heavy atom. The van der Waals surface area contributed by atoms with Gasteiger partial charge in [0.1, 0.15) is 0 Å². The summed E-state index contributed by atoms with van der Waals surface area (Å²) in [6.07, 6.45) is -0.458. The Hall–Kier alpha value is -2.04. The zero-order valence-electron chi connectivity index (χ0n) is 9.77. The van der Waals surface area contributed by atoms with Crippen molar-refractivity contribution in [2.75, 3.05) is 23.9 Å². The van der Waals surface area contributed by atoms with Crippen molar-refractivity contribution < 1.29 is 14.3 Å². The van der Waals surface area contributed by atoms with Crippen LogP contribution >= 0.6 is 0 Å². The summed E-state index contributed by atoms with van der Waals surface area (Å²) in [5.74, 6) is -0.370. The molecule has 0 spiro atoms. The monoisotopic (exact) mass is 234 g/mol. The number of carbonyl (C=O) groups excluding carboxylic acids is 2. The highest BCUT2D eigenvalue weighted by Gasteiger charge is 2.28. The van der Waals surface area contributed by atoms with Crippen LogP contribution in [0.4, 0.5) is 16.2 Å². The maximum Gasteiger partial charge on any atom is 0.414 e. The van der Waals surface area contributed by atoms with E-state index in [1.807, 2.05) is 12.1 Å². The number of nitrogens with zero attached hydrogens (tertiary/aromatic N) is 1. The molecule has 0 radical (unpaired) electrons. The Balaban J connectivity index is 2.45. The van der Waals surface area contributed by atoms with E-state index in [-0.39, 0.29) is 11.8 Å². The van der Waals surface area contributed by atoms with Crippen LogP contribution in [0.2, 0.25) is 0 Å². The van der Waals surface area contributed by atoms with Crippen LogP contribution in [-0.2, 0) is 9.53 Å². The molecule has 2 rings (SSSR count). The van der Waals surface area contributed by atoms with Crippen molar-refractivity contribution in [2.45, 2.75) is 6.92 Å². The lowest BCUT2D eigenvalue weighted by atomic mass is 10.1. The highest BCUT2D eigenvalue weighted by molar-refractivity contribution is 6.02. The molecule has 90 valence electrons. The zero-order valence-corrected chi connectivity index (χ0v) is 9.77. The molecule has 1 atom stereocenters. The number of nitrogens with one attached hydrogen (secondary N) is 1. The predicted octanol–water partition coefficient (Wildman–Crippen LogP) is 1.85. The summed E-state index contributed by atoms with van der Waals surface area (Å²) >= 11 is 0. The third kappa shape index (κ3) is 2.08. The second kappa shape index (κ2) is 4.45. The largest absolute Gasteiger partial charge is 0.452 e. The van der Waals surface area contributed by atoms with E-state index in [0.717, 1.165) is 0 Å². The third-order valence-electron chi connectivity index (χ3n) is 2.75. The molecule has 5 heteroatoms. The van der Waals surface area contributed by atoms with Gasteiger partial charge in [-0.1, -0.05) is 19.1 Å². The molecule has 1 aromatic carbocycles. The molecule has 5 nitrogen and oxygen atoms in total. The normalized spacial score (nSPS) is 19.1. The van der Waals surface area contributed by atoms with Gasteiger partial charge in [-0.15, -0.1) is 0 Å². The third-order valence-corrected chi connectivity index (χ3v) is 2.75. The maximum absolute atomic E-state index is 11.7. The fourth-order valence-corrected chi connectivity index (χ4v) is 1.81. The van der Waals surface area contributed by atoms with Gasteiger partial charge in [0.2, 0.25) is 5.91 Å². The highest BCUT2D eigenvalue weighted by Crippen LogP contribution is 2.30. The number of hydrogen-bond donors (Lipinski definition) is 1. The molecular weight excluding hydrogens is 220 g/mol. The molecule has 17 heavy (non-hydrogen) atoms. The van der Waals surface area contributed by atoms with Crippen LogP contribution < -0.4 is 10.2 Å². The second-order valence-corrected chi connectivity index (χ2v) is 3.99. The van der Waals surface area contributed by atoms with E-state index in [0.29, 0.717) is 17.9 Å². The molecule has 0 bridgehead atoms. The Morgan fingerprint density at radius 2 is 2.18 bits per heavy atom. The molecular formula is C12H14N2O3. The highest BCUT2D eigenvalue weighted by atomic mass is 16.5. The fourth-order valence-electron chi connectivity index (χ4n) is 1.81. The average Bonchev–Trinajstić information content (AvgIpc) is 2.47. The van der Waals surface area contributed by atoms with Crippen molar-refractivity contribution in [3.8, 4) is 0 Å². The Labute approximate surface area is 99.4 Å². The molecule has 0 aromatic heterocycles. The van der Waals surface area contributed by atoms with Crippen molar-refractivity contribution in [1.29, 1.82) is 0 Å². The summed E-state index contributed by atoms with van der Waals surface area (Å²) in [6.45, 7) is 2.09. The Morgan fingerprint density at radius 3 is 2.88 bits per heavy atom. The van der Waals surface area contributed by atoms with Crippen LogP contribution in [0.1, 0.15) is 6.92 Å². The van der Waals surface area contributed by atoms with Crippen molar-refractivity contribution in [3.05, 3.63) is 24.3 Å². The number of carbonyl (C=O) groups is 2. The number of hydrogen-bond acceptors (Lipinski definition) is 3. The van der Waals surface area contributed by atoms with E-state index in [1.165, 1.54) is 12.0 Å². The number of amides is 2. The summed E-state index contributed by atoms with van der Waals surface area (Å²) in [7, 11) is 1.33. The first-order valence-electron chi connectivity index (χ1n) is 5.39. The fraction of sp³-hybridized carbons (Fsp3) is 0.333. The van der Waals surface area contributed by atoms with E-state index in [9.17, 15) is 9.59 Å². The summed E-state index contributed by atoms with van der Waals surface area (Å²) in [4.78, 5) is 24.9. The topological polar surface area (TPSA) is 58.6 Å². The van der Waals surface area contributed by atoms with Crippen LogP contribution in [0.15, 0.2) is 24.3 Å². The number of para-hydroxylation sites is 2. The van der Waals surface area contributed by atoms with Gasteiger partial charge in [-0.05, 0) is 12.1 Å². The van der Waals surface area contributed by atoms with Gasteiger partial charge in [0.25, 0.3) is 0 Å². The lowest BCUT2D eigenvalue weighted by Crippen LogP contribution is -2.35. The molecule has 1 aliphatic rings. The van der Waals surface area contributed by atoms with E-state index in [2.05, 4.69) is 5.32 Å². The van der Waals surface area contributed by atoms with Gasteiger partial charge in [0.05, 0.1) is 24.4 Å². The number of ether oxygens (including phenoxy) is 1. The molecule has 2 amide bonds. The molecule has 0 fully saturated rings. The molecule has 1 N–H and O–H groups in total. The Bertz CT molecular complexity index is 459. The first-order valence-corrected chi connectivity index (χ1v) is 5.39. The maximum atomic E-state index is 11.7. The molecule has 1 heterocycles. The second-order valence-electron chi connectivity index (χ2n) is 3.99. The van der Waals surface area contributed by atoms with Crippen LogP contribution in [-0.4, -0.2) is 25.7 Å². The van der Waals surface area contributed by atoms with E-state index < -0.39 is 6.09 Å². The number of rotatable bonds is 0. The number of anilines is 2. The van der Waals surface area contributed by atoms with E-state index >= 15 is 0 Å². The summed E-state index contributed by atoms with van der Waals surface area (Å²) in [6, 6.07) is 7.17. The zero-order chi connectivity index (χ0) is 12.4. The molecule has 0 aliphatic carbocycles. The van der Waals surface area contributed by atoms with Crippen LogP contribution in [0.3, 0.4) is 0 Å². The SMILES string of the molecule is COC(=O)N1C[C@H](C)C(=O)Nc2ccccc21. The molecule has 0 saturated heterocycles. The first-order chi connectivity index (χ1) is 8.13. The van der Waals surface area contributed by atoms with Crippen molar-refractivity contribution in [1.82, 2.24) is 0 Å². The van der Waals surface area contributed by atoms with E-state index in [1.54, 1.807) is 19.1 Å². The molecule has 0 unspecified atom stereocenters. The van der Waals surface area contributed by atoms with Gasteiger partial charge < -0.3 is 10.1 Å². The van der Waals surface area contributed by atoms with Gasteiger partial charge in [-0.25, -0.2) is 4.79 Å². The van der Waals surface area contributed by atoms with E-state index in [4.69, 9.17) is 4.74 Å². The lowest BCUT2D eigenvalue weighted by Gasteiger charge is -2.21. The van der Waals surface area contributed by atoms with Crippen LogP contribution in [0, 0.1) is 5.92 Å². The average molecular weight is 234 g/mol. The molecule has 0 saturated carbocycles. The van der Waals surface area contributed by atoms with Crippen molar-refractivity contribution in [2.24, 2.45) is 5.92 Å². The van der Waals surface area contributed by atoms with Gasteiger partial charge in [0, 0.05) is 6.54 Å². The molecule has 1 aromatic rings. The van der Waals surface area contributed by atoms with Crippen molar-refractivity contribution in [3.63, 3.8) is 0 Å². The first kappa shape index (κ1) is 11.4. The number of benzene rings is 1. The minimum absolute atomic E-state index is 0.0937. The van der Waals surface area contributed by atoms with Gasteiger partial charge in [-0.3, -0.25) is 9.69 Å². The van der Waals surface area contributed by atoms with Gasteiger partial charge in [0.15, 0.2) is 0 Å². The lowest BCUT2D eigenvalue weighted by molar-refractivity contribution is -0.119. The number of methoxy groups -OCH3 is 1. The Kier molecular flexibility index (Phi) is 2.99.